The van der Waals surface area contributed by atoms with Gasteiger partial charge in [0.15, 0.2) is 13.9 Å². The molecule has 5 aliphatic rings. The number of hydrogen-bond acceptors (Lipinski definition) is 7. The Kier molecular flexibility index (Phi) is 9.30. The lowest BCUT2D eigenvalue weighted by Gasteiger charge is -2.37. The molecule has 1 spiro atoms. The summed E-state index contributed by atoms with van der Waals surface area (Å²) in [5.74, 6) is -1.45. The summed E-state index contributed by atoms with van der Waals surface area (Å²) in [5, 5.41) is 14.2. The molecule has 12 heteroatoms. The first-order valence-electron chi connectivity index (χ1n) is 23.0. The minimum Gasteiger partial charge on any atom is -0.432 e. The molecule has 0 radical (unpaired) electrons. The number of fused-ring (bicyclic) bond motifs is 3. The van der Waals surface area contributed by atoms with Gasteiger partial charge in [-0.3, -0.25) is 29.0 Å². The Morgan fingerprint density at radius 2 is 1.31 bits per heavy atom. The van der Waals surface area contributed by atoms with Crippen molar-refractivity contribution in [2.24, 2.45) is 5.92 Å². The van der Waals surface area contributed by atoms with E-state index in [4.69, 9.17) is 4.74 Å². The molecule has 0 saturated carbocycles. The zero-order valence-electron chi connectivity index (χ0n) is 37.3. The number of rotatable bonds is 8. The van der Waals surface area contributed by atoms with E-state index in [0.717, 1.165) is 49.6 Å². The maximum absolute atomic E-state index is 15.8. The van der Waals surface area contributed by atoms with Gasteiger partial charge < -0.3 is 24.4 Å². The van der Waals surface area contributed by atoms with Crippen molar-refractivity contribution in [3.05, 3.63) is 173 Å². The van der Waals surface area contributed by atoms with Gasteiger partial charge in [-0.15, -0.1) is 0 Å². The first-order chi connectivity index (χ1) is 32.4. The van der Waals surface area contributed by atoms with Crippen molar-refractivity contribution in [2.45, 2.75) is 69.2 Å². The van der Waals surface area contributed by atoms with Crippen molar-refractivity contribution in [3.63, 3.8) is 0 Å². The normalized spacial score (nSPS) is 22.8. The minimum atomic E-state index is -3.21. The molecular weight excluding hydrogens is 857 g/mol. The van der Waals surface area contributed by atoms with Crippen LogP contribution in [0.5, 0.6) is 0 Å². The summed E-state index contributed by atoms with van der Waals surface area (Å²) in [4.78, 5) is 77.8. The van der Waals surface area contributed by atoms with E-state index in [0.29, 0.717) is 46.7 Å². The molecule has 7 aromatic rings. The van der Waals surface area contributed by atoms with Crippen LogP contribution in [0.4, 0.5) is 28.4 Å². The summed E-state index contributed by atoms with van der Waals surface area (Å²) < 4.78 is 7.24. The van der Waals surface area contributed by atoms with Gasteiger partial charge in [-0.1, -0.05) is 91.9 Å². The fourth-order valence-electron chi connectivity index (χ4n) is 12.2. The number of hydrogen-bond donors (Lipinski definition) is 2. The smallest absolute Gasteiger partial charge is 0.264 e. The first-order valence-corrected chi connectivity index (χ1v) is 26.0. The van der Waals surface area contributed by atoms with E-state index in [2.05, 4.69) is 0 Å². The van der Waals surface area contributed by atoms with Gasteiger partial charge in [-0.25, -0.2) is 0 Å². The van der Waals surface area contributed by atoms with Crippen LogP contribution in [-0.2, 0) is 39.4 Å². The van der Waals surface area contributed by atoms with Gasteiger partial charge >= 0.3 is 0 Å². The molecule has 11 nitrogen and oxygen atoms in total. The van der Waals surface area contributed by atoms with Crippen molar-refractivity contribution in [2.75, 3.05) is 21.3 Å². The molecule has 0 aliphatic carbocycles. The van der Waals surface area contributed by atoms with Crippen LogP contribution in [0, 0.1) is 5.92 Å². The Bertz CT molecular complexity index is 3280. The highest BCUT2D eigenvalue weighted by molar-refractivity contribution is 6.71. The molecule has 1 fully saturated rings. The van der Waals surface area contributed by atoms with E-state index in [1.165, 1.54) is 0 Å². The average Bonchev–Trinajstić information content (AvgIpc) is 3.98. The second-order valence-corrected chi connectivity index (χ2v) is 23.3. The molecule has 334 valence electrons. The second kappa shape index (κ2) is 15.0. The SMILES string of the molecule is C[C@@H]1[C@@H]([Si](C)(C)O)[C@H](CC(=O)N2Cc3ccccc3C[C@H]2CO)O[C@@]12C(=O)N(Cc1cccc(N3C(=O)c4cccc5cccc3c45)c1)c1ccc(N3C(=O)c4cccc5cccc3c45)cc12. The van der Waals surface area contributed by atoms with Gasteiger partial charge in [-0.2, -0.15) is 0 Å². The van der Waals surface area contributed by atoms with Crippen molar-refractivity contribution in [1.29, 1.82) is 0 Å². The zero-order valence-corrected chi connectivity index (χ0v) is 38.3. The third-order valence-electron chi connectivity index (χ3n) is 15.1. The fraction of sp³-hybridized carbons (Fsp3) is 0.236. The number of aliphatic hydroxyl groups is 1. The van der Waals surface area contributed by atoms with Gasteiger partial charge in [0.25, 0.3) is 17.7 Å². The van der Waals surface area contributed by atoms with Crippen LogP contribution in [0.1, 0.15) is 56.3 Å². The zero-order chi connectivity index (χ0) is 46.1. The number of nitrogens with zero attached hydrogens (tertiary/aromatic N) is 4. The molecule has 2 N–H and O–H groups in total. The average molecular weight is 905 g/mol. The standard InChI is InChI=1S/C55H48N4O7Si/c1-32-51(67(2,3)65)47(28-48(61)56-30-37-13-5-4-12-36(37)26-40(56)31-60)66-55(32)43-27-39(59-46-22-10-17-35-15-8-20-42(50(35)46)53(59)63)23-24-44(43)57(54(55)64)29-33-11-6-18-38(25-33)58-45-21-9-16-34-14-7-19-41(49(34)45)52(58)62/h4-25,27,32,40,47,51,60,65H,26,28-31H2,1-3H3/t32-,40+,47+,51-,55+/m1/s1. The van der Waals surface area contributed by atoms with Gasteiger partial charge in [0.2, 0.25) is 5.91 Å². The van der Waals surface area contributed by atoms with E-state index in [9.17, 15) is 24.3 Å². The van der Waals surface area contributed by atoms with Crippen LogP contribution < -0.4 is 14.7 Å². The number of benzene rings is 7. The monoisotopic (exact) mass is 904 g/mol. The summed E-state index contributed by atoms with van der Waals surface area (Å²) in [6.07, 6.45) is -0.427. The first kappa shape index (κ1) is 41.5. The highest BCUT2D eigenvalue weighted by Gasteiger charge is 2.66. The molecule has 5 aliphatic heterocycles. The largest absolute Gasteiger partial charge is 0.432 e. The minimum absolute atomic E-state index is 0.0995. The topological polar surface area (TPSA) is 131 Å². The van der Waals surface area contributed by atoms with Crippen LogP contribution in [0.3, 0.4) is 0 Å². The molecule has 0 bridgehead atoms. The van der Waals surface area contributed by atoms with E-state index in [-0.39, 0.29) is 43.2 Å². The third-order valence-corrected chi connectivity index (χ3v) is 17.6. The molecule has 7 aromatic carbocycles. The summed E-state index contributed by atoms with van der Waals surface area (Å²) in [7, 11) is -3.21. The van der Waals surface area contributed by atoms with Crippen LogP contribution in [0.2, 0.25) is 18.6 Å². The lowest BCUT2D eigenvalue weighted by molar-refractivity contribution is -0.151. The maximum atomic E-state index is 15.8. The predicted octanol–water partition coefficient (Wildman–Crippen LogP) is 9.26. The Balaban J connectivity index is 0.950. The number of anilines is 5. The molecule has 4 amide bonds. The summed E-state index contributed by atoms with van der Waals surface area (Å²) in [6.45, 7) is 5.87. The van der Waals surface area contributed by atoms with Crippen LogP contribution in [0.15, 0.2) is 140 Å². The molecule has 1 saturated heterocycles. The molecule has 5 atom stereocenters. The quantitative estimate of drug-likeness (QED) is 0.146. The number of amides is 4. The number of aliphatic hydroxyl groups excluding tert-OH is 1. The molecular formula is C55H48N4O7Si. The predicted molar refractivity (Wildman–Crippen MR) is 260 cm³/mol. The van der Waals surface area contributed by atoms with Crippen molar-refractivity contribution in [1.82, 2.24) is 4.90 Å². The van der Waals surface area contributed by atoms with Gasteiger partial charge in [0, 0.05) is 45.7 Å². The Morgan fingerprint density at radius 3 is 1.94 bits per heavy atom. The Labute approximate surface area is 388 Å². The van der Waals surface area contributed by atoms with Crippen LogP contribution in [0.25, 0.3) is 21.5 Å². The van der Waals surface area contributed by atoms with Crippen molar-refractivity contribution >= 4 is 81.9 Å². The third kappa shape index (κ3) is 6.06. The van der Waals surface area contributed by atoms with Crippen molar-refractivity contribution in [3.8, 4) is 0 Å². The molecule has 0 unspecified atom stereocenters. The lowest BCUT2D eigenvalue weighted by atomic mass is 9.82. The summed E-state index contributed by atoms with van der Waals surface area (Å²) in [6, 6.07) is 44.0. The highest BCUT2D eigenvalue weighted by atomic mass is 28.4. The molecule has 12 rings (SSSR count). The number of carbonyl (C=O) groups excluding carboxylic acids is 4. The Hall–Kier alpha value is -6.96. The lowest BCUT2D eigenvalue weighted by Crippen LogP contribution is -2.48. The highest BCUT2D eigenvalue weighted by Crippen LogP contribution is 2.61. The summed E-state index contributed by atoms with van der Waals surface area (Å²) in [5.41, 5.74) is 5.86. The molecule has 67 heavy (non-hydrogen) atoms. The van der Waals surface area contributed by atoms with E-state index in [1.807, 2.05) is 160 Å². The van der Waals surface area contributed by atoms with E-state index in [1.54, 1.807) is 19.6 Å². The van der Waals surface area contributed by atoms with E-state index >= 15 is 4.79 Å². The van der Waals surface area contributed by atoms with Crippen LogP contribution >= 0.6 is 0 Å². The number of carbonyl (C=O) groups is 4. The van der Waals surface area contributed by atoms with Crippen molar-refractivity contribution < 1.29 is 33.8 Å². The molecule has 5 heterocycles. The van der Waals surface area contributed by atoms with E-state index < -0.39 is 37.5 Å². The fourth-order valence-corrected chi connectivity index (χ4v) is 14.8. The van der Waals surface area contributed by atoms with Crippen LogP contribution in [-0.4, -0.2) is 65.5 Å². The number of ether oxygens (including phenoxy) is 1. The summed E-state index contributed by atoms with van der Waals surface area (Å²) >= 11 is 0. The van der Waals surface area contributed by atoms with Gasteiger partial charge in [-0.05, 0) is 102 Å². The van der Waals surface area contributed by atoms with Gasteiger partial charge in [0.05, 0.1) is 59.9 Å². The maximum Gasteiger partial charge on any atom is 0.264 e. The second-order valence-electron chi connectivity index (χ2n) is 19.3. The van der Waals surface area contributed by atoms with Gasteiger partial charge in [0.1, 0.15) is 0 Å². The molecule has 0 aromatic heterocycles. The Morgan fingerprint density at radius 1 is 0.716 bits per heavy atom.